The van der Waals surface area contributed by atoms with Gasteiger partial charge in [-0.1, -0.05) is 30.1 Å². The number of nitrogens with zero attached hydrogens (tertiary/aromatic N) is 3. The molecular formula is C19H15Cl2N4O3S2-. The average molecular weight is 482 g/mol. The maximum atomic E-state index is 12.4. The van der Waals surface area contributed by atoms with Crippen LogP contribution in [-0.4, -0.2) is 24.4 Å². The molecule has 156 valence electrons. The Morgan fingerprint density at radius 1 is 1.13 bits per heavy atom. The lowest BCUT2D eigenvalue weighted by molar-refractivity contribution is 0.104. The van der Waals surface area contributed by atoms with Gasteiger partial charge in [0.05, 0.1) is 19.9 Å². The molecule has 7 nitrogen and oxygen atoms in total. The Balaban J connectivity index is 1.62. The van der Waals surface area contributed by atoms with Gasteiger partial charge in [0.1, 0.15) is 0 Å². The van der Waals surface area contributed by atoms with Crippen LogP contribution in [0.15, 0.2) is 59.6 Å². The monoisotopic (exact) mass is 481 g/mol. The van der Waals surface area contributed by atoms with E-state index in [4.69, 9.17) is 23.2 Å². The first-order valence-electron chi connectivity index (χ1n) is 8.61. The fraction of sp³-hybridized carbons (Fsp3) is 0.105. The van der Waals surface area contributed by atoms with Crippen LogP contribution in [0.1, 0.15) is 22.3 Å². The lowest BCUT2D eigenvalue weighted by atomic mass is 10.1. The molecule has 0 bridgehead atoms. The molecule has 30 heavy (non-hydrogen) atoms. The number of carbonyl (C=O) groups is 1. The van der Waals surface area contributed by atoms with Crippen molar-refractivity contribution in [1.29, 1.82) is 0 Å². The van der Waals surface area contributed by atoms with Crippen molar-refractivity contribution in [2.24, 2.45) is 0 Å². The van der Waals surface area contributed by atoms with Gasteiger partial charge in [-0.3, -0.25) is 9.89 Å². The number of benzene rings is 2. The second kappa shape index (κ2) is 9.57. The molecule has 0 aliphatic rings. The molecule has 1 N–H and O–H groups in total. The molecule has 0 unspecified atom stereocenters. The summed E-state index contributed by atoms with van der Waals surface area (Å²) in [5, 5.41) is 12.0. The van der Waals surface area contributed by atoms with Crippen LogP contribution in [0.3, 0.4) is 0 Å². The number of hydrogen-bond donors (Lipinski definition) is 1. The van der Waals surface area contributed by atoms with E-state index >= 15 is 0 Å². The summed E-state index contributed by atoms with van der Waals surface area (Å²) in [5.74, 6) is -0.262. The number of hydrogen-bond acceptors (Lipinski definition) is 7. The van der Waals surface area contributed by atoms with Gasteiger partial charge in [-0.15, -0.1) is 11.3 Å². The molecule has 2 aromatic carbocycles. The molecule has 0 radical (unpaired) electrons. The highest BCUT2D eigenvalue weighted by atomic mass is 35.5. The Hall–Kier alpha value is -2.46. The third-order valence-electron chi connectivity index (χ3n) is 3.80. The molecule has 0 amide bonds. The van der Waals surface area contributed by atoms with Crippen LogP contribution in [0.4, 0.5) is 10.8 Å². The lowest BCUT2D eigenvalue weighted by Crippen LogP contribution is -1.99. The van der Waals surface area contributed by atoms with Gasteiger partial charge in [-0.2, -0.15) is 0 Å². The van der Waals surface area contributed by atoms with Crippen LogP contribution < -0.4 is 5.32 Å². The van der Waals surface area contributed by atoms with E-state index in [9.17, 15) is 13.2 Å². The summed E-state index contributed by atoms with van der Waals surface area (Å²) in [6.45, 7) is 1.90. The second-order valence-corrected chi connectivity index (χ2v) is 9.35. The summed E-state index contributed by atoms with van der Waals surface area (Å²) in [7, 11) is -3.89. The average Bonchev–Trinajstić information content (AvgIpc) is 3.17. The zero-order chi connectivity index (χ0) is 21.7. The number of halogens is 2. The van der Waals surface area contributed by atoms with Crippen molar-refractivity contribution in [3.05, 3.63) is 80.1 Å². The van der Waals surface area contributed by atoms with Gasteiger partial charge < -0.3 is 15.1 Å². The van der Waals surface area contributed by atoms with Gasteiger partial charge in [0.2, 0.25) is 10.0 Å². The molecule has 0 saturated carbocycles. The summed E-state index contributed by atoms with van der Waals surface area (Å²) in [6, 6.07) is 10.6. The first-order valence-corrected chi connectivity index (χ1v) is 11.6. The minimum atomic E-state index is -3.89. The van der Waals surface area contributed by atoms with Crippen molar-refractivity contribution in [1.82, 2.24) is 10.2 Å². The van der Waals surface area contributed by atoms with E-state index in [2.05, 4.69) is 20.2 Å². The number of nitrogens with one attached hydrogen (secondary N) is 1. The fourth-order valence-corrected chi connectivity index (χ4v) is 4.35. The van der Waals surface area contributed by atoms with Crippen LogP contribution in [0.2, 0.25) is 10.0 Å². The highest BCUT2D eigenvalue weighted by Gasteiger charge is 2.11. The van der Waals surface area contributed by atoms with Crippen molar-refractivity contribution in [2.45, 2.75) is 18.2 Å². The first-order chi connectivity index (χ1) is 14.3. The second-order valence-electron chi connectivity index (χ2n) is 5.89. The fourth-order valence-electron chi connectivity index (χ4n) is 2.26. The first kappa shape index (κ1) is 22.2. The molecule has 3 rings (SSSR count). The third kappa shape index (κ3) is 5.57. The maximum absolute atomic E-state index is 12.4. The Labute approximate surface area is 187 Å². The van der Waals surface area contributed by atoms with Crippen LogP contribution >= 0.6 is 34.5 Å². The minimum absolute atomic E-state index is 0.0251. The minimum Gasteiger partial charge on any atom is -0.362 e. The van der Waals surface area contributed by atoms with Crippen molar-refractivity contribution in [2.75, 3.05) is 5.32 Å². The van der Waals surface area contributed by atoms with Crippen molar-refractivity contribution in [3.8, 4) is 0 Å². The van der Waals surface area contributed by atoms with Crippen molar-refractivity contribution >= 4 is 61.2 Å². The van der Waals surface area contributed by atoms with Crippen LogP contribution in [0, 0.1) is 0 Å². The summed E-state index contributed by atoms with van der Waals surface area (Å²) in [4.78, 5) is 12.2. The van der Waals surface area contributed by atoms with E-state index in [1.807, 2.05) is 6.92 Å². The molecule has 0 saturated heterocycles. The van der Waals surface area contributed by atoms with E-state index in [1.54, 1.807) is 24.3 Å². The Morgan fingerprint density at radius 3 is 2.50 bits per heavy atom. The van der Waals surface area contributed by atoms with E-state index in [0.717, 1.165) is 11.3 Å². The highest BCUT2D eigenvalue weighted by molar-refractivity contribution is 7.94. The topological polar surface area (TPSA) is 103 Å². The standard InChI is InChI=1S/C19H16Cl2N4O3S2/c1-2-18-23-24-19(29-18)25-30(27,28)14-6-4-13(5-7-14)22-10-9-17(26)12-3-8-15(20)16(21)11-12/h3-11H,2H2,1H3,(H2,22,24,25,26)/p-1. The number of rotatable bonds is 8. The summed E-state index contributed by atoms with van der Waals surface area (Å²) < 4.78 is 28.5. The SMILES string of the molecule is CCc1nnc([N-]S(=O)(=O)c2ccc(N/C=C/C(=O)c3ccc(Cl)c(Cl)c3)cc2)s1. The number of anilines is 1. The van der Waals surface area contributed by atoms with Gasteiger partial charge >= 0.3 is 0 Å². The molecule has 0 aliphatic heterocycles. The van der Waals surface area contributed by atoms with Gasteiger partial charge in [0, 0.05) is 28.7 Å². The summed E-state index contributed by atoms with van der Waals surface area (Å²) in [5.41, 5.74) is 0.990. The third-order valence-corrected chi connectivity index (χ3v) is 6.90. The number of sulfonamides is 1. The van der Waals surface area contributed by atoms with Gasteiger partial charge in [-0.25, -0.2) is 8.42 Å². The van der Waals surface area contributed by atoms with Crippen LogP contribution in [0.25, 0.3) is 4.72 Å². The summed E-state index contributed by atoms with van der Waals surface area (Å²) >= 11 is 12.9. The molecule has 0 aliphatic carbocycles. The molecular weight excluding hydrogens is 467 g/mol. The normalized spacial score (nSPS) is 11.6. The Kier molecular flexibility index (Phi) is 7.09. The quantitative estimate of drug-likeness (QED) is 0.331. The highest BCUT2D eigenvalue weighted by Crippen LogP contribution is 2.31. The zero-order valence-electron chi connectivity index (χ0n) is 15.5. The molecule has 3 aromatic rings. The summed E-state index contributed by atoms with van der Waals surface area (Å²) in [6.07, 6.45) is 3.45. The van der Waals surface area contributed by atoms with E-state index < -0.39 is 10.0 Å². The van der Waals surface area contributed by atoms with Crippen molar-refractivity contribution < 1.29 is 13.2 Å². The molecule has 1 heterocycles. The maximum Gasteiger partial charge on any atom is 0.203 e. The molecule has 0 atom stereocenters. The van der Waals surface area contributed by atoms with Crippen LogP contribution in [-0.2, 0) is 16.4 Å². The van der Waals surface area contributed by atoms with E-state index in [-0.39, 0.29) is 15.8 Å². The number of aromatic nitrogens is 2. The molecule has 0 fully saturated rings. The Morgan fingerprint density at radius 2 is 1.87 bits per heavy atom. The smallest absolute Gasteiger partial charge is 0.203 e. The predicted octanol–water partition coefficient (Wildman–Crippen LogP) is 5.61. The number of aryl methyl sites for hydroxylation is 1. The Bertz CT molecular complexity index is 1190. The molecule has 1 aromatic heterocycles. The van der Waals surface area contributed by atoms with Crippen LogP contribution in [0.5, 0.6) is 0 Å². The van der Waals surface area contributed by atoms with E-state index in [1.165, 1.54) is 30.5 Å². The molecule has 0 spiro atoms. The largest absolute Gasteiger partial charge is 0.362 e. The van der Waals surface area contributed by atoms with Gasteiger partial charge in [-0.05, 0) is 48.9 Å². The lowest BCUT2D eigenvalue weighted by Gasteiger charge is -2.11. The number of ketones is 1. The zero-order valence-corrected chi connectivity index (χ0v) is 18.7. The number of carbonyl (C=O) groups excluding carboxylic acids is 1. The van der Waals surface area contributed by atoms with Crippen molar-refractivity contribution in [3.63, 3.8) is 0 Å². The van der Waals surface area contributed by atoms with Gasteiger partial charge in [0.15, 0.2) is 5.78 Å². The number of allylic oxidation sites excluding steroid dienone is 1. The predicted molar refractivity (Wildman–Crippen MR) is 119 cm³/mol. The molecule has 11 heteroatoms. The van der Waals surface area contributed by atoms with E-state index in [0.29, 0.717) is 32.7 Å². The van der Waals surface area contributed by atoms with Gasteiger partial charge in [0.25, 0.3) is 0 Å².